The molecule has 0 aliphatic carbocycles. The van der Waals surface area contributed by atoms with E-state index in [0.717, 1.165) is 28.8 Å². The lowest BCUT2D eigenvalue weighted by atomic mass is 10.1. The second kappa shape index (κ2) is 7.40. The largest absolute Gasteiger partial charge is 0.380 e. The van der Waals surface area contributed by atoms with Gasteiger partial charge in [-0.15, -0.1) is 5.10 Å². The third-order valence-electron chi connectivity index (χ3n) is 4.51. The Bertz CT molecular complexity index is 1130. The van der Waals surface area contributed by atoms with Crippen LogP contribution in [0.1, 0.15) is 12.5 Å². The van der Waals surface area contributed by atoms with Crippen LogP contribution in [-0.2, 0) is 6.42 Å². The SMILES string of the molecule is CCc1cccc(NC(=O)Nc2ccc(-c3cccn4nnc(N)c34)cc2)c1. The third kappa shape index (κ3) is 3.50. The molecule has 0 saturated heterocycles. The Labute approximate surface area is 162 Å². The molecule has 2 amide bonds. The molecule has 4 aromatic rings. The normalized spacial score (nSPS) is 10.8. The summed E-state index contributed by atoms with van der Waals surface area (Å²) in [6, 6.07) is 18.9. The van der Waals surface area contributed by atoms with E-state index in [2.05, 4.69) is 27.9 Å². The average molecular weight is 372 g/mol. The molecule has 0 saturated carbocycles. The number of carbonyl (C=O) groups is 1. The standard InChI is InChI=1S/C21H20N6O/c1-2-14-5-3-6-17(13-14)24-21(28)23-16-10-8-15(9-11-16)18-7-4-12-27-19(18)20(22)25-26-27/h3-13H,2,22H2,1H3,(H2,23,24,28). The summed E-state index contributed by atoms with van der Waals surface area (Å²) < 4.78 is 1.65. The molecule has 0 atom stereocenters. The van der Waals surface area contributed by atoms with Gasteiger partial charge in [-0.3, -0.25) is 0 Å². The lowest BCUT2D eigenvalue weighted by molar-refractivity contribution is 0.262. The topological polar surface area (TPSA) is 97.3 Å². The van der Waals surface area contributed by atoms with Gasteiger partial charge in [0.2, 0.25) is 0 Å². The van der Waals surface area contributed by atoms with Gasteiger partial charge in [0.15, 0.2) is 5.82 Å². The minimum atomic E-state index is -0.285. The van der Waals surface area contributed by atoms with E-state index >= 15 is 0 Å². The number of fused-ring (bicyclic) bond motifs is 1. The number of aromatic nitrogens is 3. The van der Waals surface area contributed by atoms with Crippen LogP contribution in [0.2, 0.25) is 0 Å². The highest BCUT2D eigenvalue weighted by Crippen LogP contribution is 2.28. The Hall–Kier alpha value is -3.87. The zero-order chi connectivity index (χ0) is 19.5. The molecular weight excluding hydrogens is 352 g/mol. The molecule has 0 fully saturated rings. The first-order valence-electron chi connectivity index (χ1n) is 9.01. The number of aryl methyl sites for hydroxylation is 1. The van der Waals surface area contributed by atoms with Crippen LogP contribution in [0.15, 0.2) is 66.9 Å². The maximum absolute atomic E-state index is 12.3. The minimum Gasteiger partial charge on any atom is -0.380 e. The fraction of sp³-hybridized carbons (Fsp3) is 0.0952. The molecule has 0 aliphatic rings. The highest BCUT2D eigenvalue weighted by Gasteiger charge is 2.10. The predicted octanol–water partition coefficient (Wildman–Crippen LogP) is 4.18. The number of pyridine rings is 1. The predicted molar refractivity (Wildman–Crippen MR) is 111 cm³/mol. The van der Waals surface area contributed by atoms with Crippen LogP contribution in [0, 0.1) is 0 Å². The molecule has 140 valence electrons. The van der Waals surface area contributed by atoms with Crippen LogP contribution in [0.4, 0.5) is 22.0 Å². The summed E-state index contributed by atoms with van der Waals surface area (Å²) in [5, 5.41) is 13.6. The molecule has 2 aromatic heterocycles. The van der Waals surface area contributed by atoms with Crippen molar-refractivity contribution >= 4 is 28.7 Å². The van der Waals surface area contributed by atoms with Crippen LogP contribution in [-0.4, -0.2) is 20.9 Å². The number of hydrogen-bond donors (Lipinski definition) is 3. The first kappa shape index (κ1) is 17.5. The number of nitrogens with zero attached hydrogens (tertiary/aromatic N) is 3. The van der Waals surface area contributed by atoms with Gasteiger partial charge in [-0.25, -0.2) is 9.31 Å². The van der Waals surface area contributed by atoms with Gasteiger partial charge in [0, 0.05) is 23.1 Å². The van der Waals surface area contributed by atoms with Crippen molar-refractivity contribution in [2.45, 2.75) is 13.3 Å². The number of nitrogens with two attached hydrogens (primary N) is 1. The zero-order valence-electron chi connectivity index (χ0n) is 15.4. The summed E-state index contributed by atoms with van der Waals surface area (Å²) in [5.41, 5.74) is 11.2. The van der Waals surface area contributed by atoms with Crippen LogP contribution in [0.3, 0.4) is 0 Å². The molecule has 7 nitrogen and oxygen atoms in total. The number of benzene rings is 2. The fourth-order valence-corrected chi connectivity index (χ4v) is 3.10. The maximum Gasteiger partial charge on any atom is 0.323 e. The fourth-order valence-electron chi connectivity index (χ4n) is 3.10. The second-order valence-electron chi connectivity index (χ2n) is 6.40. The molecule has 0 aliphatic heterocycles. The van der Waals surface area contributed by atoms with E-state index < -0.39 is 0 Å². The summed E-state index contributed by atoms with van der Waals surface area (Å²) >= 11 is 0. The van der Waals surface area contributed by atoms with E-state index in [9.17, 15) is 4.79 Å². The van der Waals surface area contributed by atoms with Crippen molar-refractivity contribution in [3.63, 3.8) is 0 Å². The monoisotopic (exact) mass is 372 g/mol. The molecule has 0 spiro atoms. The Kier molecular flexibility index (Phi) is 4.63. The Morgan fingerprint density at radius 3 is 2.61 bits per heavy atom. The summed E-state index contributed by atoms with van der Waals surface area (Å²) in [6.07, 6.45) is 2.72. The van der Waals surface area contributed by atoms with Crippen LogP contribution < -0.4 is 16.4 Å². The maximum atomic E-state index is 12.3. The van der Waals surface area contributed by atoms with Crippen LogP contribution in [0.5, 0.6) is 0 Å². The summed E-state index contributed by atoms with van der Waals surface area (Å²) in [5.74, 6) is 0.381. The quantitative estimate of drug-likeness (QED) is 0.500. The molecule has 4 N–H and O–H groups in total. The van der Waals surface area contributed by atoms with E-state index in [0.29, 0.717) is 11.5 Å². The Morgan fingerprint density at radius 2 is 1.82 bits per heavy atom. The lowest BCUT2D eigenvalue weighted by Gasteiger charge is -2.10. The van der Waals surface area contributed by atoms with Gasteiger partial charge in [-0.2, -0.15) is 0 Å². The molecule has 4 rings (SSSR count). The first-order valence-corrected chi connectivity index (χ1v) is 9.01. The molecule has 28 heavy (non-hydrogen) atoms. The molecular formula is C21H20N6O. The van der Waals surface area contributed by atoms with Crippen LogP contribution in [0.25, 0.3) is 16.6 Å². The first-order chi connectivity index (χ1) is 13.6. The molecule has 0 radical (unpaired) electrons. The van der Waals surface area contributed by atoms with Crippen molar-refractivity contribution in [2.24, 2.45) is 0 Å². The Morgan fingerprint density at radius 1 is 1.04 bits per heavy atom. The van der Waals surface area contributed by atoms with Gasteiger partial charge in [-0.05, 0) is 47.9 Å². The number of amides is 2. The third-order valence-corrected chi connectivity index (χ3v) is 4.51. The number of nitrogen functional groups attached to an aromatic ring is 1. The van der Waals surface area contributed by atoms with Gasteiger partial charge in [0.1, 0.15) is 5.52 Å². The molecule has 2 heterocycles. The second-order valence-corrected chi connectivity index (χ2v) is 6.40. The smallest absolute Gasteiger partial charge is 0.323 e. The van der Waals surface area contributed by atoms with Gasteiger partial charge < -0.3 is 16.4 Å². The number of urea groups is 1. The molecule has 0 unspecified atom stereocenters. The van der Waals surface area contributed by atoms with Crippen molar-refractivity contribution in [3.05, 3.63) is 72.4 Å². The highest BCUT2D eigenvalue weighted by atomic mass is 16.2. The number of carbonyl (C=O) groups excluding carboxylic acids is 1. The van der Waals surface area contributed by atoms with E-state index in [1.807, 2.05) is 60.7 Å². The number of rotatable bonds is 4. The summed E-state index contributed by atoms with van der Waals surface area (Å²) in [7, 11) is 0. The van der Waals surface area contributed by atoms with Crippen molar-refractivity contribution in [2.75, 3.05) is 16.4 Å². The number of hydrogen-bond acceptors (Lipinski definition) is 4. The highest BCUT2D eigenvalue weighted by molar-refractivity contribution is 6.00. The van der Waals surface area contributed by atoms with Gasteiger partial charge >= 0.3 is 6.03 Å². The average Bonchev–Trinajstić information content (AvgIpc) is 3.10. The minimum absolute atomic E-state index is 0.285. The van der Waals surface area contributed by atoms with Crippen molar-refractivity contribution in [1.82, 2.24) is 14.8 Å². The van der Waals surface area contributed by atoms with E-state index in [1.165, 1.54) is 5.56 Å². The summed E-state index contributed by atoms with van der Waals surface area (Å²) in [6.45, 7) is 2.08. The zero-order valence-corrected chi connectivity index (χ0v) is 15.4. The van der Waals surface area contributed by atoms with Gasteiger partial charge in [0.25, 0.3) is 0 Å². The van der Waals surface area contributed by atoms with Gasteiger partial charge in [0.05, 0.1) is 0 Å². The molecule has 7 heteroatoms. The van der Waals surface area contributed by atoms with E-state index in [1.54, 1.807) is 10.7 Å². The summed E-state index contributed by atoms with van der Waals surface area (Å²) in [4.78, 5) is 12.3. The number of nitrogens with one attached hydrogen (secondary N) is 2. The Balaban J connectivity index is 1.50. The lowest BCUT2D eigenvalue weighted by Crippen LogP contribution is -2.19. The van der Waals surface area contributed by atoms with E-state index in [4.69, 9.17) is 5.73 Å². The van der Waals surface area contributed by atoms with E-state index in [-0.39, 0.29) is 6.03 Å². The number of anilines is 3. The van der Waals surface area contributed by atoms with Crippen molar-refractivity contribution < 1.29 is 4.79 Å². The van der Waals surface area contributed by atoms with Crippen LogP contribution >= 0.6 is 0 Å². The molecule has 2 aromatic carbocycles. The van der Waals surface area contributed by atoms with Gasteiger partial charge in [-0.1, -0.05) is 42.5 Å². The van der Waals surface area contributed by atoms with Crippen molar-refractivity contribution in [3.8, 4) is 11.1 Å². The molecule has 0 bridgehead atoms. The van der Waals surface area contributed by atoms with Crippen molar-refractivity contribution in [1.29, 1.82) is 0 Å².